The standard InChI is InChI=1S/2C16H22O7/c2*1-9(17)19-8-11-15-5-3-4-6-16(15)13(21-11)14(20-10(2)18)22-12(7-15)23-16/h2*11-14H,3-8H2,1-2H3/t2*11-,12+,13-,14+,15-,16+/m00/s1. The highest BCUT2D eigenvalue weighted by molar-refractivity contribution is 5.67. The molecule has 14 nitrogen and oxygen atoms in total. The van der Waals surface area contributed by atoms with Gasteiger partial charge in [-0.2, -0.15) is 0 Å². The van der Waals surface area contributed by atoms with Crippen LogP contribution in [0.5, 0.6) is 0 Å². The van der Waals surface area contributed by atoms with E-state index >= 15 is 0 Å². The van der Waals surface area contributed by atoms with Crippen LogP contribution in [-0.2, 0) is 66.5 Å². The fourth-order valence-corrected chi connectivity index (χ4v) is 10.0. The molecule has 6 saturated heterocycles. The van der Waals surface area contributed by atoms with Crippen LogP contribution in [0, 0.1) is 10.8 Å². The van der Waals surface area contributed by atoms with Gasteiger partial charge in [-0.1, -0.05) is 25.7 Å². The van der Waals surface area contributed by atoms with Gasteiger partial charge in [0.1, 0.15) is 36.6 Å². The first-order valence-corrected chi connectivity index (χ1v) is 16.5. The van der Waals surface area contributed by atoms with E-state index in [4.69, 9.17) is 47.4 Å². The van der Waals surface area contributed by atoms with Crippen molar-refractivity contribution in [3.63, 3.8) is 0 Å². The molecule has 4 bridgehead atoms. The normalized spacial score (nSPS) is 47.0. The van der Waals surface area contributed by atoms with Gasteiger partial charge >= 0.3 is 23.9 Å². The Bertz CT molecular complexity index is 1150. The number of esters is 4. The Morgan fingerprint density at radius 1 is 0.565 bits per heavy atom. The predicted octanol–water partition coefficient (Wildman–Crippen LogP) is 2.56. The van der Waals surface area contributed by atoms with Crippen molar-refractivity contribution in [3.8, 4) is 0 Å². The Morgan fingerprint density at radius 2 is 0.957 bits per heavy atom. The molecule has 0 amide bonds. The highest BCUT2D eigenvalue weighted by Crippen LogP contribution is 2.68. The second kappa shape index (κ2) is 11.7. The third-order valence-electron chi connectivity index (χ3n) is 11.6. The van der Waals surface area contributed by atoms with E-state index in [1.54, 1.807) is 0 Å². The number of hydrogen-bond donors (Lipinski definition) is 0. The molecule has 2 spiro atoms. The van der Waals surface area contributed by atoms with Gasteiger partial charge in [-0.05, 0) is 25.7 Å². The number of carbonyl (C=O) groups excluding carboxylic acids is 4. The molecule has 0 aromatic heterocycles. The quantitative estimate of drug-likeness (QED) is 0.304. The van der Waals surface area contributed by atoms with Crippen LogP contribution in [0.4, 0.5) is 0 Å². The maximum Gasteiger partial charge on any atom is 0.305 e. The van der Waals surface area contributed by atoms with Crippen molar-refractivity contribution < 1.29 is 66.5 Å². The SMILES string of the molecule is CC(=O)OC[C@@H]1O[C@H]2[C@H](OC(C)=O)O[C@H]3C[C@@]14CCCC[C@@]24O3.CC(=O)OC[C@@H]1O[C@H]2[C@H](OC(C)=O)O[C@H]3C[C@@]14CCCC[C@@]24O3. The topological polar surface area (TPSA) is 161 Å². The summed E-state index contributed by atoms with van der Waals surface area (Å²) in [6.45, 7) is 5.91. The highest BCUT2D eigenvalue weighted by Gasteiger charge is 2.78. The third kappa shape index (κ3) is 4.80. The van der Waals surface area contributed by atoms with Crippen molar-refractivity contribution in [2.45, 2.75) is 153 Å². The van der Waals surface area contributed by atoms with Crippen LogP contribution >= 0.6 is 0 Å². The summed E-state index contributed by atoms with van der Waals surface area (Å²) in [7, 11) is 0. The van der Waals surface area contributed by atoms with Crippen LogP contribution in [0.3, 0.4) is 0 Å². The van der Waals surface area contributed by atoms with Crippen molar-refractivity contribution in [2.75, 3.05) is 13.2 Å². The summed E-state index contributed by atoms with van der Waals surface area (Å²) in [5, 5.41) is 0. The number of ether oxygens (including phenoxy) is 10. The Morgan fingerprint density at radius 3 is 1.33 bits per heavy atom. The summed E-state index contributed by atoms with van der Waals surface area (Å²) in [4.78, 5) is 45.2. The zero-order chi connectivity index (χ0) is 32.5. The summed E-state index contributed by atoms with van der Waals surface area (Å²) in [6.07, 6.45) is 5.51. The van der Waals surface area contributed by atoms with Crippen molar-refractivity contribution in [2.24, 2.45) is 10.8 Å². The van der Waals surface area contributed by atoms with Gasteiger partial charge in [-0.25, -0.2) is 0 Å². The number of fused-ring (bicyclic) bond motifs is 2. The summed E-state index contributed by atoms with van der Waals surface area (Å²) in [6, 6.07) is 0. The molecule has 2 saturated carbocycles. The van der Waals surface area contributed by atoms with Crippen LogP contribution in [0.1, 0.15) is 91.9 Å². The first-order valence-electron chi connectivity index (χ1n) is 16.5. The molecule has 0 aromatic carbocycles. The van der Waals surface area contributed by atoms with Gasteiger partial charge in [0.15, 0.2) is 24.8 Å². The van der Waals surface area contributed by atoms with Crippen LogP contribution in [0.25, 0.3) is 0 Å². The molecular weight excluding hydrogens is 608 g/mol. The molecule has 6 aliphatic heterocycles. The molecule has 0 unspecified atom stereocenters. The van der Waals surface area contributed by atoms with E-state index in [0.717, 1.165) is 51.4 Å². The number of rotatable bonds is 6. The maximum absolute atomic E-state index is 11.4. The minimum absolute atomic E-state index is 0.205. The summed E-state index contributed by atoms with van der Waals surface area (Å²) >= 11 is 0. The molecule has 6 heterocycles. The molecule has 0 N–H and O–H groups in total. The van der Waals surface area contributed by atoms with Crippen molar-refractivity contribution in [1.29, 1.82) is 0 Å². The summed E-state index contributed by atoms with van der Waals surface area (Å²) < 4.78 is 57.6. The first kappa shape index (κ1) is 32.2. The van der Waals surface area contributed by atoms with E-state index in [-0.39, 0.29) is 48.2 Å². The van der Waals surface area contributed by atoms with Gasteiger partial charge in [-0.3, -0.25) is 19.2 Å². The molecule has 8 aliphatic rings. The average molecular weight is 653 g/mol. The fourth-order valence-electron chi connectivity index (χ4n) is 10.0. The van der Waals surface area contributed by atoms with E-state index in [0.29, 0.717) is 12.8 Å². The second-order valence-electron chi connectivity index (χ2n) is 13.9. The molecule has 8 fully saturated rings. The lowest BCUT2D eigenvalue weighted by Gasteiger charge is -2.47. The van der Waals surface area contributed by atoms with Crippen LogP contribution in [0.15, 0.2) is 0 Å². The van der Waals surface area contributed by atoms with E-state index in [1.165, 1.54) is 27.7 Å². The second-order valence-corrected chi connectivity index (χ2v) is 13.9. The fraction of sp³-hybridized carbons (Fsp3) is 0.875. The summed E-state index contributed by atoms with van der Waals surface area (Å²) in [5.41, 5.74) is -1.46. The van der Waals surface area contributed by atoms with E-state index in [2.05, 4.69) is 0 Å². The molecule has 12 atom stereocenters. The van der Waals surface area contributed by atoms with Crippen LogP contribution in [-0.4, -0.2) is 97.9 Å². The van der Waals surface area contributed by atoms with Crippen molar-refractivity contribution >= 4 is 23.9 Å². The molecular formula is C32H44O14. The Hall–Kier alpha value is -2.36. The molecule has 46 heavy (non-hydrogen) atoms. The smallest absolute Gasteiger partial charge is 0.305 e. The minimum atomic E-state index is -0.756. The highest BCUT2D eigenvalue weighted by atomic mass is 16.8. The maximum atomic E-state index is 11.4. The van der Waals surface area contributed by atoms with Gasteiger partial charge in [-0.15, -0.1) is 0 Å². The van der Waals surface area contributed by atoms with Crippen LogP contribution < -0.4 is 0 Å². The molecule has 8 rings (SSSR count). The number of hydrogen-bond acceptors (Lipinski definition) is 14. The Labute approximate surface area is 267 Å². The molecule has 256 valence electrons. The Balaban J connectivity index is 0.000000147. The van der Waals surface area contributed by atoms with Gasteiger partial charge in [0.25, 0.3) is 0 Å². The lowest BCUT2D eigenvalue weighted by molar-refractivity contribution is -0.342. The van der Waals surface area contributed by atoms with Gasteiger partial charge in [0, 0.05) is 51.4 Å². The van der Waals surface area contributed by atoms with Gasteiger partial charge in [0.05, 0.1) is 0 Å². The Kier molecular flexibility index (Phi) is 8.16. The van der Waals surface area contributed by atoms with Crippen molar-refractivity contribution in [1.82, 2.24) is 0 Å². The molecule has 14 heteroatoms. The third-order valence-corrected chi connectivity index (χ3v) is 11.6. The van der Waals surface area contributed by atoms with Crippen LogP contribution in [0.2, 0.25) is 0 Å². The number of carbonyl (C=O) groups is 4. The largest absolute Gasteiger partial charge is 0.463 e. The first-order chi connectivity index (χ1) is 21.9. The predicted molar refractivity (Wildman–Crippen MR) is 150 cm³/mol. The lowest BCUT2D eigenvalue weighted by Crippen LogP contribution is -2.59. The van der Waals surface area contributed by atoms with E-state index in [9.17, 15) is 19.2 Å². The zero-order valence-corrected chi connectivity index (χ0v) is 26.8. The van der Waals surface area contributed by atoms with Crippen molar-refractivity contribution in [3.05, 3.63) is 0 Å². The minimum Gasteiger partial charge on any atom is -0.463 e. The molecule has 2 aliphatic carbocycles. The van der Waals surface area contributed by atoms with Gasteiger partial charge < -0.3 is 47.4 Å². The monoisotopic (exact) mass is 652 g/mol. The lowest BCUT2D eigenvalue weighted by atomic mass is 9.60. The summed E-state index contributed by atoms with van der Waals surface area (Å²) in [5.74, 6) is -1.45. The van der Waals surface area contributed by atoms with Gasteiger partial charge in [0.2, 0.25) is 12.6 Å². The average Bonchev–Trinajstić information content (AvgIpc) is 3.62. The van der Waals surface area contributed by atoms with E-state index < -0.39 is 60.5 Å². The molecule has 0 radical (unpaired) electrons. The molecule has 0 aromatic rings. The zero-order valence-electron chi connectivity index (χ0n) is 26.8. The van der Waals surface area contributed by atoms with E-state index in [1.807, 2.05) is 0 Å².